The Morgan fingerprint density at radius 1 is 0.933 bits per heavy atom. The Kier molecular flexibility index (Phi) is 11.9. The Morgan fingerprint density at radius 3 is 2.13 bits per heavy atom. The van der Waals surface area contributed by atoms with Crippen LogP contribution in [0.15, 0.2) is 0 Å². The minimum absolute atomic E-state index is 0.0481. The van der Waals surface area contributed by atoms with Gasteiger partial charge in [0.1, 0.15) is 6.79 Å². The standard InChI is InChI=1S/C10H23BO4/c1-2-3-4-5-6-7-8-9-14-10-15-11(12)13/h12-13H,2-10H2,1H3. The summed E-state index contributed by atoms with van der Waals surface area (Å²) < 4.78 is 9.42. The van der Waals surface area contributed by atoms with Gasteiger partial charge in [0.2, 0.25) is 0 Å². The molecule has 0 saturated carbocycles. The van der Waals surface area contributed by atoms with E-state index >= 15 is 0 Å². The first-order chi connectivity index (χ1) is 7.27. The lowest BCUT2D eigenvalue weighted by Gasteiger charge is -2.04. The molecule has 0 aromatic carbocycles. The smallest absolute Gasteiger partial charge is 0.402 e. The lowest BCUT2D eigenvalue weighted by Crippen LogP contribution is -2.18. The highest BCUT2D eigenvalue weighted by Gasteiger charge is 2.06. The molecule has 15 heavy (non-hydrogen) atoms. The number of ether oxygens (including phenoxy) is 1. The van der Waals surface area contributed by atoms with E-state index in [-0.39, 0.29) is 6.79 Å². The fraction of sp³-hybridized carbons (Fsp3) is 1.00. The molecule has 5 heteroatoms. The monoisotopic (exact) mass is 218 g/mol. The van der Waals surface area contributed by atoms with Crippen LogP contribution in [0.1, 0.15) is 51.9 Å². The summed E-state index contributed by atoms with van der Waals surface area (Å²) in [5.74, 6) is 0. The van der Waals surface area contributed by atoms with Gasteiger partial charge in [0.15, 0.2) is 0 Å². The average Bonchev–Trinajstić information content (AvgIpc) is 2.20. The van der Waals surface area contributed by atoms with Gasteiger partial charge in [-0.25, -0.2) is 0 Å². The van der Waals surface area contributed by atoms with E-state index in [1.54, 1.807) is 0 Å². The molecule has 0 heterocycles. The molecule has 0 radical (unpaired) electrons. The Labute approximate surface area is 92.8 Å². The van der Waals surface area contributed by atoms with Crippen LogP contribution in [-0.2, 0) is 9.39 Å². The van der Waals surface area contributed by atoms with Gasteiger partial charge in [-0.2, -0.15) is 0 Å². The maximum atomic E-state index is 8.33. The van der Waals surface area contributed by atoms with Crippen molar-refractivity contribution < 1.29 is 19.4 Å². The zero-order chi connectivity index (χ0) is 11.4. The molecule has 0 saturated heterocycles. The molecule has 0 amide bonds. The third-order valence-corrected chi connectivity index (χ3v) is 2.19. The van der Waals surface area contributed by atoms with Gasteiger partial charge in [0, 0.05) is 6.61 Å². The second kappa shape index (κ2) is 12.0. The van der Waals surface area contributed by atoms with E-state index < -0.39 is 7.32 Å². The van der Waals surface area contributed by atoms with Gasteiger partial charge >= 0.3 is 7.32 Å². The van der Waals surface area contributed by atoms with Crippen LogP contribution in [0.4, 0.5) is 0 Å². The Balaban J connectivity index is 2.87. The lowest BCUT2D eigenvalue weighted by molar-refractivity contribution is -0.0121. The number of unbranched alkanes of at least 4 members (excludes halogenated alkanes) is 6. The first-order valence-electron chi connectivity index (χ1n) is 5.83. The second-order valence-corrected chi connectivity index (χ2v) is 3.64. The fourth-order valence-electron chi connectivity index (χ4n) is 1.33. The molecule has 4 nitrogen and oxygen atoms in total. The van der Waals surface area contributed by atoms with E-state index in [2.05, 4.69) is 11.6 Å². The molecule has 0 bridgehead atoms. The van der Waals surface area contributed by atoms with Gasteiger partial charge in [0.25, 0.3) is 0 Å². The van der Waals surface area contributed by atoms with Crippen molar-refractivity contribution in [2.75, 3.05) is 13.4 Å². The molecule has 2 N–H and O–H groups in total. The van der Waals surface area contributed by atoms with Gasteiger partial charge in [-0.15, -0.1) is 0 Å². The SMILES string of the molecule is CCCCCCCCCOCOB(O)O. The van der Waals surface area contributed by atoms with Crippen molar-refractivity contribution >= 4 is 7.32 Å². The molecule has 0 aliphatic heterocycles. The fourth-order valence-corrected chi connectivity index (χ4v) is 1.33. The Bertz CT molecular complexity index is 122. The Morgan fingerprint density at radius 2 is 1.53 bits per heavy atom. The van der Waals surface area contributed by atoms with Gasteiger partial charge in [-0.05, 0) is 6.42 Å². The topological polar surface area (TPSA) is 58.9 Å². The molecule has 0 atom stereocenters. The zero-order valence-corrected chi connectivity index (χ0v) is 9.65. The van der Waals surface area contributed by atoms with Gasteiger partial charge in [0.05, 0.1) is 0 Å². The van der Waals surface area contributed by atoms with Gasteiger partial charge < -0.3 is 19.4 Å². The third kappa shape index (κ3) is 13.9. The van der Waals surface area contributed by atoms with Crippen molar-refractivity contribution in [3.63, 3.8) is 0 Å². The number of rotatable bonds is 11. The van der Waals surface area contributed by atoms with Crippen LogP contribution >= 0.6 is 0 Å². The van der Waals surface area contributed by atoms with Crippen LogP contribution in [0.2, 0.25) is 0 Å². The summed E-state index contributed by atoms with van der Waals surface area (Å²) in [5, 5.41) is 16.7. The minimum atomic E-state index is -1.72. The highest BCUT2D eigenvalue weighted by Crippen LogP contribution is 2.06. The average molecular weight is 218 g/mol. The number of hydrogen-bond acceptors (Lipinski definition) is 4. The van der Waals surface area contributed by atoms with Crippen molar-refractivity contribution in [2.45, 2.75) is 51.9 Å². The predicted octanol–water partition coefficient (Wildman–Crippen LogP) is 1.70. The van der Waals surface area contributed by atoms with E-state index in [9.17, 15) is 0 Å². The molecule has 0 fully saturated rings. The van der Waals surface area contributed by atoms with Crippen molar-refractivity contribution in [3.8, 4) is 0 Å². The molecule has 0 aliphatic carbocycles. The molecule has 0 aromatic rings. The molecular weight excluding hydrogens is 195 g/mol. The van der Waals surface area contributed by atoms with Gasteiger partial charge in [-0.1, -0.05) is 45.4 Å². The minimum Gasteiger partial charge on any atom is -0.402 e. The maximum Gasteiger partial charge on any atom is 0.635 e. The summed E-state index contributed by atoms with van der Waals surface area (Å²) in [6.07, 6.45) is 8.69. The highest BCUT2D eigenvalue weighted by molar-refractivity contribution is 6.32. The van der Waals surface area contributed by atoms with Crippen molar-refractivity contribution in [1.29, 1.82) is 0 Å². The van der Waals surface area contributed by atoms with Crippen molar-refractivity contribution in [1.82, 2.24) is 0 Å². The van der Waals surface area contributed by atoms with E-state index in [1.165, 1.54) is 38.5 Å². The predicted molar refractivity (Wildman–Crippen MR) is 60.1 cm³/mol. The molecule has 0 rings (SSSR count). The largest absolute Gasteiger partial charge is 0.635 e. The Hall–Kier alpha value is -0.0951. The zero-order valence-electron chi connectivity index (χ0n) is 9.65. The summed E-state index contributed by atoms with van der Waals surface area (Å²) in [7, 11) is -1.72. The van der Waals surface area contributed by atoms with E-state index in [1.807, 2.05) is 0 Å². The van der Waals surface area contributed by atoms with Crippen molar-refractivity contribution in [2.24, 2.45) is 0 Å². The van der Waals surface area contributed by atoms with E-state index in [0.29, 0.717) is 6.61 Å². The molecule has 90 valence electrons. The van der Waals surface area contributed by atoms with Crippen LogP contribution in [0.3, 0.4) is 0 Å². The first kappa shape index (κ1) is 14.9. The number of hydrogen-bond donors (Lipinski definition) is 2. The molecule has 0 unspecified atom stereocenters. The summed E-state index contributed by atoms with van der Waals surface area (Å²) in [4.78, 5) is 0. The third-order valence-electron chi connectivity index (χ3n) is 2.19. The van der Waals surface area contributed by atoms with Crippen molar-refractivity contribution in [3.05, 3.63) is 0 Å². The lowest BCUT2D eigenvalue weighted by atomic mass is 10.1. The van der Waals surface area contributed by atoms with Crippen LogP contribution in [0.25, 0.3) is 0 Å². The first-order valence-corrected chi connectivity index (χ1v) is 5.83. The molecule has 0 spiro atoms. The maximum absolute atomic E-state index is 8.33. The summed E-state index contributed by atoms with van der Waals surface area (Å²) >= 11 is 0. The van der Waals surface area contributed by atoms with Crippen LogP contribution in [-0.4, -0.2) is 30.8 Å². The molecule has 0 aromatic heterocycles. The summed E-state index contributed by atoms with van der Waals surface area (Å²) in [5.41, 5.74) is 0. The summed E-state index contributed by atoms with van der Waals surface area (Å²) in [6.45, 7) is 2.79. The van der Waals surface area contributed by atoms with Gasteiger partial charge in [-0.3, -0.25) is 0 Å². The normalized spacial score (nSPS) is 10.6. The second-order valence-electron chi connectivity index (χ2n) is 3.64. The summed E-state index contributed by atoms with van der Waals surface area (Å²) in [6, 6.07) is 0. The van der Waals surface area contributed by atoms with Crippen LogP contribution in [0.5, 0.6) is 0 Å². The highest BCUT2D eigenvalue weighted by atomic mass is 16.7. The molecule has 0 aliphatic rings. The molecular formula is C10H23BO4. The van der Waals surface area contributed by atoms with Crippen LogP contribution in [0, 0.1) is 0 Å². The quantitative estimate of drug-likeness (QED) is 0.315. The van der Waals surface area contributed by atoms with E-state index in [0.717, 1.165) is 6.42 Å². The van der Waals surface area contributed by atoms with E-state index in [4.69, 9.17) is 14.8 Å². The van der Waals surface area contributed by atoms with Crippen LogP contribution < -0.4 is 0 Å².